The number of rotatable bonds is 4. The minimum Gasteiger partial charge on any atom is -0.299 e. The van der Waals surface area contributed by atoms with E-state index in [-0.39, 0.29) is 17.5 Å². The van der Waals surface area contributed by atoms with Crippen molar-refractivity contribution in [2.24, 2.45) is 17.8 Å². The molecule has 0 aliphatic heterocycles. The third-order valence-corrected chi connectivity index (χ3v) is 4.93. The van der Waals surface area contributed by atoms with Crippen LogP contribution in [0.2, 0.25) is 0 Å². The Kier molecular flexibility index (Phi) is 5.36. The number of carbonyl (C=O) groups is 1. The third-order valence-electron chi connectivity index (χ3n) is 4.47. The van der Waals surface area contributed by atoms with Crippen molar-refractivity contribution in [3.63, 3.8) is 0 Å². The van der Waals surface area contributed by atoms with Gasteiger partial charge in [0.05, 0.1) is 0 Å². The Morgan fingerprint density at radius 3 is 2.45 bits per heavy atom. The molecule has 1 nitrogen and oxygen atoms in total. The van der Waals surface area contributed by atoms with Gasteiger partial charge in [0.1, 0.15) is 11.6 Å². The standard InChI is InChI=1S/C17H22BrFO/c1-11(2)13-3-5-14(6-4-13)17(20)9-12-7-15(18)10-16(19)8-12/h7-8,10-11,13-14H,3-6,9H2,1-2H3. The number of carbonyl (C=O) groups excluding carboxylic acids is 1. The van der Waals surface area contributed by atoms with Crippen LogP contribution in [0.1, 0.15) is 45.1 Å². The highest BCUT2D eigenvalue weighted by atomic mass is 79.9. The Hall–Kier alpha value is -0.700. The summed E-state index contributed by atoms with van der Waals surface area (Å²) in [6.45, 7) is 4.52. The second-order valence-electron chi connectivity index (χ2n) is 6.28. The van der Waals surface area contributed by atoms with Crippen molar-refractivity contribution in [1.29, 1.82) is 0 Å². The third kappa shape index (κ3) is 4.15. The van der Waals surface area contributed by atoms with E-state index in [9.17, 15) is 9.18 Å². The summed E-state index contributed by atoms with van der Waals surface area (Å²) < 4.78 is 14.0. The van der Waals surface area contributed by atoms with Gasteiger partial charge in [0, 0.05) is 16.8 Å². The van der Waals surface area contributed by atoms with Gasteiger partial charge in [-0.15, -0.1) is 0 Å². The molecule has 1 aromatic rings. The summed E-state index contributed by atoms with van der Waals surface area (Å²) in [5.41, 5.74) is 0.771. The first kappa shape index (κ1) is 15.7. The van der Waals surface area contributed by atoms with Gasteiger partial charge >= 0.3 is 0 Å². The second kappa shape index (κ2) is 6.84. The molecule has 0 N–H and O–H groups in total. The summed E-state index contributed by atoms with van der Waals surface area (Å²) in [4.78, 5) is 12.3. The Labute approximate surface area is 129 Å². The van der Waals surface area contributed by atoms with E-state index in [4.69, 9.17) is 0 Å². The van der Waals surface area contributed by atoms with Crippen LogP contribution in [-0.2, 0) is 11.2 Å². The Balaban J connectivity index is 1.92. The minimum absolute atomic E-state index is 0.173. The van der Waals surface area contributed by atoms with Gasteiger partial charge in [0.25, 0.3) is 0 Å². The van der Waals surface area contributed by atoms with Crippen molar-refractivity contribution in [2.45, 2.75) is 46.0 Å². The number of halogens is 2. The van der Waals surface area contributed by atoms with Crippen molar-refractivity contribution in [3.05, 3.63) is 34.1 Å². The quantitative estimate of drug-likeness (QED) is 0.739. The maximum atomic E-state index is 13.3. The van der Waals surface area contributed by atoms with Crippen LogP contribution in [0.25, 0.3) is 0 Å². The number of ketones is 1. The Morgan fingerprint density at radius 1 is 1.25 bits per heavy atom. The van der Waals surface area contributed by atoms with E-state index in [1.807, 2.05) is 6.07 Å². The molecule has 1 saturated carbocycles. The predicted molar refractivity (Wildman–Crippen MR) is 83.1 cm³/mol. The molecule has 1 fully saturated rings. The van der Waals surface area contributed by atoms with E-state index in [1.165, 1.54) is 12.1 Å². The molecule has 0 spiro atoms. The van der Waals surface area contributed by atoms with Gasteiger partial charge in [0.15, 0.2) is 0 Å². The Bertz CT molecular complexity index is 456. The molecule has 0 unspecified atom stereocenters. The first-order chi connectivity index (χ1) is 9.45. The zero-order chi connectivity index (χ0) is 14.7. The van der Waals surface area contributed by atoms with E-state index in [2.05, 4.69) is 29.8 Å². The van der Waals surface area contributed by atoms with Crippen LogP contribution >= 0.6 is 15.9 Å². The summed E-state index contributed by atoms with van der Waals surface area (Å²) in [5.74, 6) is 1.63. The van der Waals surface area contributed by atoms with Gasteiger partial charge in [-0.2, -0.15) is 0 Å². The fraction of sp³-hybridized carbons (Fsp3) is 0.588. The van der Waals surface area contributed by atoms with Crippen molar-refractivity contribution in [3.8, 4) is 0 Å². The van der Waals surface area contributed by atoms with E-state index in [1.54, 1.807) is 0 Å². The largest absolute Gasteiger partial charge is 0.299 e. The lowest BCUT2D eigenvalue weighted by molar-refractivity contribution is -0.123. The summed E-state index contributed by atoms with van der Waals surface area (Å²) >= 11 is 3.27. The number of hydrogen-bond donors (Lipinski definition) is 0. The highest BCUT2D eigenvalue weighted by Gasteiger charge is 2.27. The first-order valence-electron chi connectivity index (χ1n) is 7.43. The molecule has 0 amide bonds. The average molecular weight is 341 g/mol. The molecule has 1 aliphatic carbocycles. The molecule has 0 bridgehead atoms. The minimum atomic E-state index is -0.286. The van der Waals surface area contributed by atoms with Gasteiger partial charge in [-0.25, -0.2) is 4.39 Å². The van der Waals surface area contributed by atoms with Gasteiger partial charge in [-0.05, 0) is 61.3 Å². The summed E-state index contributed by atoms with van der Waals surface area (Å²) in [6.07, 6.45) is 4.66. The highest BCUT2D eigenvalue weighted by Crippen LogP contribution is 2.34. The molecule has 0 saturated heterocycles. The van der Waals surface area contributed by atoms with Crippen molar-refractivity contribution in [1.82, 2.24) is 0 Å². The van der Waals surface area contributed by atoms with E-state index < -0.39 is 0 Å². The van der Waals surface area contributed by atoms with Crippen LogP contribution < -0.4 is 0 Å². The van der Waals surface area contributed by atoms with E-state index >= 15 is 0 Å². The highest BCUT2D eigenvalue weighted by molar-refractivity contribution is 9.10. The molecule has 0 aromatic heterocycles. The fourth-order valence-corrected chi connectivity index (χ4v) is 3.68. The van der Waals surface area contributed by atoms with Crippen LogP contribution in [0, 0.1) is 23.6 Å². The lowest BCUT2D eigenvalue weighted by Crippen LogP contribution is -2.25. The molecule has 0 atom stereocenters. The lowest BCUT2D eigenvalue weighted by atomic mass is 9.75. The van der Waals surface area contributed by atoms with Crippen molar-refractivity contribution >= 4 is 21.7 Å². The molecule has 3 heteroatoms. The zero-order valence-electron chi connectivity index (χ0n) is 12.2. The summed E-state index contributed by atoms with van der Waals surface area (Å²) in [7, 11) is 0. The van der Waals surface area contributed by atoms with Gasteiger partial charge in [-0.1, -0.05) is 29.8 Å². The van der Waals surface area contributed by atoms with Crippen LogP contribution in [-0.4, -0.2) is 5.78 Å². The fourth-order valence-electron chi connectivity index (χ4n) is 3.17. The first-order valence-corrected chi connectivity index (χ1v) is 8.22. The molecular formula is C17H22BrFO. The zero-order valence-corrected chi connectivity index (χ0v) is 13.7. The number of hydrogen-bond acceptors (Lipinski definition) is 1. The van der Waals surface area contributed by atoms with Crippen LogP contribution in [0.5, 0.6) is 0 Å². The maximum absolute atomic E-state index is 13.3. The van der Waals surface area contributed by atoms with E-state index in [0.29, 0.717) is 16.8 Å². The number of Topliss-reactive ketones (excluding diaryl/α,β-unsaturated/α-hetero) is 1. The molecule has 0 radical (unpaired) electrons. The number of benzene rings is 1. The lowest BCUT2D eigenvalue weighted by Gasteiger charge is -2.30. The second-order valence-corrected chi connectivity index (χ2v) is 7.19. The normalized spacial score (nSPS) is 23.1. The summed E-state index contributed by atoms with van der Waals surface area (Å²) in [6, 6.07) is 4.71. The molecule has 1 aromatic carbocycles. The van der Waals surface area contributed by atoms with Gasteiger partial charge in [0.2, 0.25) is 0 Å². The predicted octanol–water partition coefficient (Wildman–Crippen LogP) is 5.16. The maximum Gasteiger partial charge on any atom is 0.140 e. The van der Waals surface area contributed by atoms with E-state index in [0.717, 1.165) is 37.2 Å². The molecule has 0 heterocycles. The monoisotopic (exact) mass is 340 g/mol. The van der Waals surface area contributed by atoms with Crippen LogP contribution in [0.15, 0.2) is 22.7 Å². The van der Waals surface area contributed by atoms with Gasteiger partial charge < -0.3 is 0 Å². The smallest absolute Gasteiger partial charge is 0.140 e. The SMILES string of the molecule is CC(C)C1CCC(C(=O)Cc2cc(F)cc(Br)c2)CC1. The van der Waals surface area contributed by atoms with Gasteiger partial charge in [-0.3, -0.25) is 4.79 Å². The summed E-state index contributed by atoms with van der Waals surface area (Å²) in [5, 5.41) is 0. The molecule has 2 rings (SSSR count). The topological polar surface area (TPSA) is 17.1 Å². The molecule has 110 valence electrons. The Morgan fingerprint density at radius 2 is 1.90 bits per heavy atom. The van der Waals surface area contributed by atoms with Crippen molar-refractivity contribution in [2.75, 3.05) is 0 Å². The molecule has 20 heavy (non-hydrogen) atoms. The molecule has 1 aliphatic rings. The average Bonchev–Trinajstić information content (AvgIpc) is 2.37. The van der Waals surface area contributed by atoms with Crippen molar-refractivity contribution < 1.29 is 9.18 Å². The molecular weight excluding hydrogens is 319 g/mol. The van der Waals surface area contributed by atoms with Crippen LogP contribution in [0.3, 0.4) is 0 Å². The van der Waals surface area contributed by atoms with Crippen LogP contribution in [0.4, 0.5) is 4.39 Å².